The Bertz CT molecular complexity index is 462. The maximum absolute atomic E-state index is 5.88. The van der Waals surface area contributed by atoms with E-state index in [0.29, 0.717) is 10.9 Å². The molecule has 0 aliphatic heterocycles. The summed E-state index contributed by atoms with van der Waals surface area (Å²) in [6, 6.07) is 3.54. The van der Waals surface area contributed by atoms with Gasteiger partial charge in [-0.05, 0) is 17.5 Å². The van der Waals surface area contributed by atoms with E-state index in [-0.39, 0.29) is 0 Å². The maximum atomic E-state index is 5.88. The second kappa shape index (κ2) is 4.03. The lowest BCUT2D eigenvalue weighted by Crippen LogP contribution is -1.96. The molecule has 0 amide bonds. The zero-order valence-electron chi connectivity index (χ0n) is 8.68. The van der Waals surface area contributed by atoms with Crippen LogP contribution in [0.1, 0.15) is 25.3 Å². The molecule has 0 saturated carbocycles. The van der Waals surface area contributed by atoms with Crippen molar-refractivity contribution in [3.63, 3.8) is 0 Å². The van der Waals surface area contributed by atoms with Crippen LogP contribution in [0, 0.1) is 0 Å². The SMILES string of the molecule is CC(C)c1cnn(-c2cc(Cl)ccn2)c1. The van der Waals surface area contributed by atoms with Gasteiger partial charge < -0.3 is 0 Å². The van der Waals surface area contributed by atoms with Crippen LogP contribution in [0.2, 0.25) is 5.02 Å². The number of pyridine rings is 1. The topological polar surface area (TPSA) is 30.7 Å². The Morgan fingerprint density at radius 2 is 2.20 bits per heavy atom. The van der Waals surface area contributed by atoms with Crippen molar-refractivity contribution in [1.29, 1.82) is 0 Å². The van der Waals surface area contributed by atoms with E-state index in [1.54, 1.807) is 23.0 Å². The zero-order chi connectivity index (χ0) is 10.8. The fourth-order valence-electron chi connectivity index (χ4n) is 1.28. The van der Waals surface area contributed by atoms with Crippen molar-refractivity contribution < 1.29 is 0 Å². The van der Waals surface area contributed by atoms with Crippen molar-refractivity contribution in [2.24, 2.45) is 0 Å². The highest BCUT2D eigenvalue weighted by Gasteiger charge is 2.05. The highest BCUT2D eigenvalue weighted by atomic mass is 35.5. The van der Waals surface area contributed by atoms with Crippen LogP contribution in [0.5, 0.6) is 0 Å². The summed E-state index contributed by atoms with van der Waals surface area (Å²) in [5, 5.41) is 4.91. The maximum Gasteiger partial charge on any atom is 0.154 e. The molecule has 2 heterocycles. The van der Waals surface area contributed by atoms with Crippen molar-refractivity contribution in [3.8, 4) is 5.82 Å². The van der Waals surface area contributed by atoms with Crippen molar-refractivity contribution in [3.05, 3.63) is 41.3 Å². The quantitative estimate of drug-likeness (QED) is 0.781. The molecule has 0 aromatic carbocycles. The van der Waals surface area contributed by atoms with Gasteiger partial charge in [0, 0.05) is 23.5 Å². The molecule has 0 bridgehead atoms. The molecule has 0 saturated heterocycles. The third kappa shape index (κ3) is 2.18. The standard InChI is InChI=1S/C11H12ClN3/c1-8(2)9-6-14-15(7-9)11-5-10(12)3-4-13-11/h3-8H,1-2H3. The van der Waals surface area contributed by atoms with Crippen molar-refractivity contribution >= 4 is 11.6 Å². The lowest BCUT2D eigenvalue weighted by Gasteiger charge is -2.00. The molecule has 15 heavy (non-hydrogen) atoms. The first-order valence-electron chi connectivity index (χ1n) is 4.83. The summed E-state index contributed by atoms with van der Waals surface area (Å²) in [7, 11) is 0. The van der Waals surface area contributed by atoms with Gasteiger partial charge >= 0.3 is 0 Å². The summed E-state index contributed by atoms with van der Waals surface area (Å²) >= 11 is 5.88. The first-order valence-corrected chi connectivity index (χ1v) is 5.21. The summed E-state index contributed by atoms with van der Waals surface area (Å²) in [4.78, 5) is 4.20. The van der Waals surface area contributed by atoms with Crippen LogP contribution in [0.25, 0.3) is 5.82 Å². The molecule has 0 atom stereocenters. The average Bonchev–Trinajstić information content (AvgIpc) is 2.66. The highest BCUT2D eigenvalue weighted by molar-refractivity contribution is 6.30. The molecule has 0 fully saturated rings. The van der Waals surface area contributed by atoms with Gasteiger partial charge in [-0.2, -0.15) is 5.10 Å². The van der Waals surface area contributed by atoms with Crippen LogP contribution in [0.4, 0.5) is 0 Å². The van der Waals surface area contributed by atoms with Crippen molar-refractivity contribution in [2.45, 2.75) is 19.8 Å². The third-order valence-corrected chi connectivity index (χ3v) is 2.45. The summed E-state index contributed by atoms with van der Waals surface area (Å²) in [6.07, 6.45) is 5.50. The molecule has 4 heteroatoms. The first-order chi connectivity index (χ1) is 7.16. The summed E-state index contributed by atoms with van der Waals surface area (Å²) in [6.45, 7) is 4.26. The van der Waals surface area contributed by atoms with Crippen molar-refractivity contribution in [2.75, 3.05) is 0 Å². The Morgan fingerprint density at radius 3 is 2.80 bits per heavy atom. The Labute approximate surface area is 93.7 Å². The normalized spacial score (nSPS) is 10.9. The number of hydrogen-bond donors (Lipinski definition) is 0. The lowest BCUT2D eigenvalue weighted by atomic mass is 10.1. The van der Waals surface area contributed by atoms with Gasteiger partial charge in [0.2, 0.25) is 0 Å². The summed E-state index contributed by atoms with van der Waals surface area (Å²) in [5.41, 5.74) is 1.19. The van der Waals surface area contributed by atoms with E-state index in [1.165, 1.54) is 5.56 Å². The Balaban J connectivity index is 2.37. The minimum Gasteiger partial charge on any atom is -0.237 e. The molecule has 0 unspecified atom stereocenters. The minimum absolute atomic E-state index is 0.470. The van der Waals surface area contributed by atoms with Crippen LogP contribution in [-0.2, 0) is 0 Å². The molecular formula is C11H12ClN3. The molecule has 0 spiro atoms. The Morgan fingerprint density at radius 1 is 1.40 bits per heavy atom. The van der Waals surface area contributed by atoms with Gasteiger partial charge in [0.1, 0.15) is 0 Å². The summed E-state index contributed by atoms with van der Waals surface area (Å²) < 4.78 is 1.74. The lowest BCUT2D eigenvalue weighted by molar-refractivity contribution is 0.839. The van der Waals surface area contributed by atoms with E-state index in [1.807, 2.05) is 12.4 Å². The molecule has 0 aliphatic rings. The van der Waals surface area contributed by atoms with E-state index in [0.717, 1.165) is 5.82 Å². The largest absolute Gasteiger partial charge is 0.237 e. The van der Waals surface area contributed by atoms with E-state index < -0.39 is 0 Å². The monoisotopic (exact) mass is 221 g/mol. The van der Waals surface area contributed by atoms with Crippen LogP contribution in [0.15, 0.2) is 30.7 Å². The number of nitrogens with zero attached hydrogens (tertiary/aromatic N) is 3. The van der Waals surface area contributed by atoms with Gasteiger partial charge in [0.05, 0.1) is 6.20 Å². The number of halogens is 1. The van der Waals surface area contributed by atoms with Gasteiger partial charge in [-0.3, -0.25) is 0 Å². The Hall–Kier alpha value is -1.35. The number of aromatic nitrogens is 3. The van der Waals surface area contributed by atoms with E-state index in [9.17, 15) is 0 Å². The smallest absolute Gasteiger partial charge is 0.154 e. The van der Waals surface area contributed by atoms with E-state index in [4.69, 9.17) is 11.6 Å². The molecule has 2 aromatic heterocycles. The molecule has 78 valence electrons. The zero-order valence-corrected chi connectivity index (χ0v) is 9.44. The van der Waals surface area contributed by atoms with Crippen molar-refractivity contribution in [1.82, 2.24) is 14.8 Å². The van der Waals surface area contributed by atoms with E-state index >= 15 is 0 Å². The van der Waals surface area contributed by atoms with E-state index in [2.05, 4.69) is 23.9 Å². The number of rotatable bonds is 2. The van der Waals surface area contributed by atoms with Crippen LogP contribution < -0.4 is 0 Å². The molecule has 2 rings (SSSR count). The second-order valence-electron chi connectivity index (χ2n) is 3.71. The number of hydrogen-bond acceptors (Lipinski definition) is 2. The minimum atomic E-state index is 0.470. The van der Waals surface area contributed by atoms with Gasteiger partial charge in [-0.1, -0.05) is 25.4 Å². The fourth-order valence-corrected chi connectivity index (χ4v) is 1.43. The second-order valence-corrected chi connectivity index (χ2v) is 4.14. The van der Waals surface area contributed by atoms with Gasteiger partial charge in [0.15, 0.2) is 5.82 Å². The van der Waals surface area contributed by atoms with Gasteiger partial charge in [-0.25, -0.2) is 9.67 Å². The van der Waals surface area contributed by atoms with Crippen LogP contribution in [0.3, 0.4) is 0 Å². The van der Waals surface area contributed by atoms with Gasteiger partial charge in [0.25, 0.3) is 0 Å². The average molecular weight is 222 g/mol. The van der Waals surface area contributed by atoms with Crippen LogP contribution in [-0.4, -0.2) is 14.8 Å². The van der Waals surface area contributed by atoms with Gasteiger partial charge in [-0.15, -0.1) is 0 Å². The molecule has 0 radical (unpaired) electrons. The molecule has 0 aliphatic carbocycles. The van der Waals surface area contributed by atoms with Crippen LogP contribution >= 0.6 is 11.6 Å². The summed E-state index contributed by atoms with van der Waals surface area (Å²) in [5.74, 6) is 1.22. The molecule has 2 aromatic rings. The first kappa shape index (κ1) is 10.2. The third-order valence-electron chi connectivity index (χ3n) is 2.21. The fraction of sp³-hybridized carbons (Fsp3) is 0.273. The molecule has 0 N–H and O–H groups in total. The predicted molar refractivity (Wildman–Crippen MR) is 60.5 cm³/mol. The predicted octanol–water partition coefficient (Wildman–Crippen LogP) is 3.04. The molecule has 3 nitrogen and oxygen atoms in total. The Kier molecular flexibility index (Phi) is 2.73. The molecular weight excluding hydrogens is 210 g/mol. The highest BCUT2D eigenvalue weighted by Crippen LogP contribution is 2.16.